The number of carboxylic acid groups (broad SMARTS) is 1. The Balaban J connectivity index is 1.80. The average molecular weight is 479 g/mol. The van der Waals surface area contributed by atoms with Crippen molar-refractivity contribution in [3.8, 4) is 0 Å². The highest BCUT2D eigenvalue weighted by Crippen LogP contribution is 2.30. The topological polar surface area (TPSA) is 106 Å². The van der Waals surface area contributed by atoms with E-state index in [9.17, 15) is 18.3 Å². The van der Waals surface area contributed by atoms with Crippen LogP contribution in [0.3, 0.4) is 0 Å². The van der Waals surface area contributed by atoms with Crippen LogP contribution in [0.1, 0.15) is 16.1 Å². The van der Waals surface area contributed by atoms with Crippen LogP contribution in [-0.4, -0.2) is 33.6 Å². The van der Waals surface area contributed by atoms with Crippen molar-refractivity contribution in [2.24, 2.45) is 7.05 Å². The summed E-state index contributed by atoms with van der Waals surface area (Å²) in [7, 11) is -2.29. The summed E-state index contributed by atoms with van der Waals surface area (Å²) in [6.45, 7) is 0.207. The Morgan fingerprint density at radius 1 is 1.16 bits per heavy atom. The van der Waals surface area contributed by atoms with Crippen LogP contribution in [0.25, 0.3) is 10.9 Å². The fourth-order valence-corrected chi connectivity index (χ4v) is 4.65. The summed E-state index contributed by atoms with van der Waals surface area (Å²) in [5, 5.41) is 10.8. The van der Waals surface area contributed by atoms with E-state index in [1.54, 1.807) is 48.0 Å². The summed E-state index contributed by atoms with van der Waals surface area (Å²) in [4.78, 5) is 15.8. The minimum Gasteiger partial charge on any atom is -0.477 e. The van der Waals surface area contributed by atoms with E-state index in [1.165, 1.54) is 23.2 Å². The molecule has 0 atom stereocenters. The zero-order chi connectivity index (χ0) is 22.3. The molecule has 31 heavy (non-hydrogen) atoms. The van der Waals surface area contributed by atoms with Crippen molar-refractivity contribution in [1.29, 1.82) is 0 Å². The molecule has 2 N–H and O–H groups in total. The normalized spacial score (nSPS) is 11.7. The minimum absolute atomic E-state index is 0.00514. The van der Waals surface area contributed by atoms with E-state index in [-0.39, 0.29) is 23.0 Å². The lowest BCUT2D eigenvalue weighted by atomic mass is 10.2. The predicted molar refractivity (Wildman–Crippen MR) is 118 cm³/mol. The minimum atomic E-state index is -3.95. The monoisotopic (exact) mass is 478 g/mol. The van der Waals surface area contributed by atoms with Crippen LogP contribution in [0.5, 0.6) is 0 Å². The molecule has 0 amide bonds. The average Bonchev–Trinajstić information content (AvgIpc) is 3.30. The maximum atomic E-state index is 12.7. The number of carbonyl (C=O) groups is 1. The fourth-order valence-electron chi connectivity index (χ4n) is 3.27. The number of rotatable bonds is 6. The third-order valence-electron chi connectivity index (χ3n) is 4.69. The number of aromatic carboxylic acids is 1. The van der Waals surface area contributed by atoms with Gasteiger partial charge in [-0.25, -0.2) is 9.78 Å². The number of sulfonamides is 1. The quantitative estimate of drug-likeness (QED) is 0.431. The second-order valence-electron chi connectivity index (χ2n) is 6.89. The van der Waals surface area contributed by atoms with Gasteiger partial charge in [0, 0.05) is 25.2 Å². The summed E-state index contributed by atoms with van der Waals surface area (Å²) in [5.41, 5.74) is 1.54. The second kappa shape index (κ2) is 7.92. The number of fused-ring (bicyclic) bond motifs is 1. The van der Waals surface area contributed by atoms with Crippen molar-refractivity contribution in [3.05, 3.63) is 76.3 Å². The zero-order valence-electron chi connectivity index (χ0n) is 16.1. The molecule has 0 bridgehead atoms. The molecule has 0 radical (unpaired) electrons. The summed E-state index contributed by atoms with van der Waals surface area (Å²) < 4.78 is 31.0. The van der Waals surface area contributed by atoms with Gasteiger partial charge in [0.1, 0.15) is 5.69 Å². The number of nitrogens with zero attached hydrogens (tertiary/aromatic N) is 3. The number of nitrogens with one attached hydrogen (secondary N) is 1. The Morgan fingerprint density at radius 3 is 2.58 bits per heavy atom. The Morgan fingerprint density at radius 2 is 1.94 bits per heavy atom. The molecule has 2 aromatic heterocycles. The smallest absolute Gasteiger partial charge is 0.352 e. The van der Waals surface area contributed by atoms with E-state index in [0.717, 1.165) is 5.56 Å². The van der Waals surface area contributed by atoms with Crippen LogP contribution in [0.4, 0.5) is 5.69 Å². The fraction of sp³-hybridized carbons (Fsp3) is 0.100. The van der Waals surface area contributed by atoms with E-state index < -0.39 is 16.0 Å². The van der Waals surface area contributed by atoms with Gasteiger partial charge in [0.15, 0.2) is 5.03 Å². The van der Waals surface area contributed by atoms with Crippen LogP contribution in [-0.2, 0) is 23.6 Å². The lowest BCUT2D eigenvalue weighted by Crippen LogP contribution is -2.13. The van der Waals surface area contributed by atoms with Crippen LogP contribution in [0.2, 0.25) is 10.0 Å². The Kier molecular flexibility index (Phi) is 5.42. The lowest BCUT2D eigenvalue weighted by Gasteiger charge is -2.11. The van der Waals surface area contributed by atoms with Gasteiger partial charge in [-0.3, -0.25) is 4.72 Å². The number of anilines is 1. The van der Waals surface area contributed by atoms with Gasteiger partial charge in [-0.15, -0.1) is 0 Å². The van der Waals surface area contributed by atoms with Crippen molar-refractivity contribution < 1.29 is 18.3 Å². The second-order valence-corrected chi connectivity index (χ2v) is 9.33. The van der Waals surface area contributed by atoms with Crippen molar-refractivity contribution in [2.45, 2.75) is 11.6 Å². The van der Waals surface area contributed by atoms with Gasteiger partial charge in [-0.2, -0.15) is 8.42 Å². The highest BCUT2D eigenvalue weighted by atomic mass is 35.5. The standard InChI is InChI=1S/C20H16Cl2N4O4S/c1-25-10-19(23-11-25)31(29,30)24-16-3-2-4-17-13(16)8-18(20(27)28)26(17)9-12-5-6-14(21)15(22)7-12/h2-8,10-11,24H,9H2,1H3,(H,27,28). The Bertz CT molecular complexity index is 1430. The predicted octanol–water partition coefficient (Wildman–Crippen LogP) is 4.23. The van der Waals surface area contributed by atoms with E-state index in [2.05, 4.69) is 9.71 Å². The number of carboxylic acids is 1. The summed E-state index contributed by atoms with van der Waals surface area (Å²) >= 11 is 12.1. The van der Waals surface area contributed by atoms with E-state index in [0.29, 0.717) is 20.9 Å². The molecule has 0 aliphatic rings. The van der Waals surface area contributed by atoms with Gasteiger partial charge in [0.05, 0.1) is 27.6 Å². The van der Waals surface area contributed by atoms with Crippen LogP contribution in [0.15, 0.2) is 60.0 Å². The Hall–Kier alpha value is -3.01. The first-order valence-corrected chi connectivity index (χ1v) is 11.2. The maximum absolute atomic E-state index is 12.7. The molecule has 2 heterocycles. The molecule has 4 rings (SSSR count). The maximum Gasteiger partial charge on any atom is 0.352 e. The van der Waals surface area contributed by atoms with Crippen LogP contribution < -0.4 is 4.72 Å². The number of hydrogen-bond acceptors (Lipinski definition) is 4. The van der Waals surface area contributed by atoms with Gasteiger partial charge in [0.2, 0.25) is 0 Å². The molecule has 0 saturated heterocycles. The molecule has 0 aliphatic carbocycles. The third-order valence-corrected chi connectivity index (χ3v) is 6.68. The molecule has 11 heteroatoms. The van der Waals surface area contributed by atoms with Gasteiger partial charge in [-0.05, 0) is 35.9 Å². The van der Waals surface area contributed by atoms with Crippen LogP contribution in [0, 0.1) is 0 Å². The molecule has 0 aliphatic heterocycles. The number of imidazole rings is 1. The van der Waals surface area contributed by atoms with Gasteiger partial charge in [-0.1, -0.05) is 35.3 Å². The molecule has 0 fully saturated rings. The van der Waals surface area contributed by atoms with E-state index in [4.69, 9.17) is 23.2 Å². The first-order chi connectivity index (χ1) is 14.7. The number of aromatic nitrogens is 3. The number of hydrogen-bond donors (Lipinski definition) is 2. The first-order valence-electron chi connectivity index (χ1n) is 8.96. The van der Waals surface area contributed by atoms with Crippen molar-refractivity contribution in [1.82, 2.24) is 14.1 Å². The summed E-state index contributed by atoms with van der Waals surface area (Å²) in [5.74, 6) is -1.14. The molecular formula is C20H16Cl2N4O4S. The van der Waals surface area contributed by atoms with Gasteiger partial charge in [0.25, 0.3) is 10.0 Å². The molecular weight excluding hydrogens is 463 g/mol. The Labute approximate surface area is 187 Å². The van der Waals surface area contributed by atoms with Crippen molar-refractivity contribution >= 4 is 55.8 Å². The molecule has 0 spiro atoms. The number of halogens is 2. The lowest BCUT2D eigenvalue weighted by molar-refractivity contribution is 0.0686. The first kappa shape index (κ1) is 21.2. The van der Waals surface area contributed by atoms with Crippen molar-refractivity contribution in [2.75, 3.05) is 4.72 Å². The molecule has 0 saturated carbocycles. The van der Waals surface area contributed by atoms with E-state index in [1.807, 2.05) is 0 Å². The van der Waals surface area contributed by atoms with Gasteiger partial charge >= 0.3 is 5.97 Å². The zero-order valence-corrected chi connectivity index (χ0v) is 18.4. The highest BCUT2D eigenvalue weighted by Gasteiger charge is 2.21. The number of benzene rings is 2. The third kappa shape index (κ3) is 4.12. The van der Waals surface area contributed by atoms with Gasteiger partial charge < -0.3 is 14.2 Å². The van der Waals surface area contributed by atoms with Crippen molar-refractivity contribution in [3.63, 3.8) is 0 Å². The summed E-state index contributed by atoms with van der Waals surface area (Å²) in [6.07, 6.45) is 2.76. The van der Waals surface area contributed by atoms with Crippen LogP contribution >= 0.6 is 23.2 Å². The summed E-state index contributed by atoms with van der Waals surface area (Å²) in [6, 6.07) is 11.4. The molecule has 8 nitrogen and oxygen atoms in total. The molecule has 160 valence electrons. The SMILES string of the molecule is Cn1cnc(S(=O)(=O)Nc2cccc3c2cc(C(=O)O)n3Cc2ccc(Cl)c(Cl)c2)c1. The highest BCUT2D eigenvalue weighted by molar-refractivity contribution is 7.92. The largest absolute Gasteiger partial charge is 0.477 e. The molecule has 4 aromatic rings. The number of aryl methyl sites for hydroxylation is 1. The molecule has 0 unspecified atom stereocenters. The molecule has 2 aromatic carbocycles. The van der Waals surface area contributed by atoms with E-state index >= 15 is 0 Å².